The van der Waals surface area contributed by atoms with E-state index >= 15 is 0 Å². The Morgan fingerprint density at radius 2 is 2.14 bits per heavy atom. The van der Waals surface area contributed by atoms with Crippen molar-refractivity contribution in [3.8, 4) is 0 Å². The molecule has 1 aromatic carbocycles. The van der Waals surface area contributed by atoms with Crippen LogP contribution >= 0.6 is 24.0 Å². The lowest BCUT2D eigenvalue weighted by molar-refractivity contribution is 0.512. The number of halogens is 1. The summed E-state index contributed by atoms with van der Waals surface area (Å²) in [7, 11) is 0. The zero-order chi connectivity index (χ0) is 13.8. The van der Waals surface area contributed by atoms with Crippen molar-refractivity contribution in [2.45, 2.75) is 19.9 Å². The number of para-hydroxylation sites is 1. The summed E-state index contributed by atoms with van der Waals surface area (Å²) in [5, 5.41) is 3.36. The molecule has 1 N–H and O–H groups in total. The molecule has 3 rings (SSSR count). The quantitative estimate of drug-likeness (QED) is 0.490. The molecule has 0 radical (unpaired) electrons. The van der Waals surface area contributed by atoms with Gasteiger partial charge in [-0.1, -0.05) is 18.2 Å². The molecule has 21 heavy (non-hydrogen) atoms. The van der Waals surface area contributed by atoms with Crippen molar-refractivity contribution >= 4 is 35.6 Å². The number of nitrogens with one attached hydrogen (secondary N) is 1. The monoisotopic (exact) mass is 397 g/mol. The fraction of sp³-hybridized carbons (Fsp3) is 0.312. The highest BCUT2D eigenvalue weighted by Gasteiger charge is 2.22. The molecular formula is C16H20IN3O. The fourth-order valence-electron chi connectivity index (χ4n) is 2.51. The van der Waals surface area contributed by atoms with Crippen LogP contribution in [-0.4, -0.2) is 19.0 Å². The van der Waals surface area contributed by atoms with E-state index in [2.05, 4.69) is 46.4 Å². The minimum Gasteiger partial charge on any atom is -0.467 e. The van der Waals surface area contributed by atoms with E-state index in [1.54, 1.807) is 6.26 Å². The molecule has 1 aliphatic heterocycles. The average Bonchev–Trinajstić information content (AvgIpc) is 3.13. The lowest BCUT2D eigenvalue weighted by Gasteiger charge is -2.22. The zero-order valence-electron chi connectivity index (χ0n) is 12.1. The Bertz CT molecular complexity index is 595. The molecular weight excluding hydrogens is 377 g/mol. The van der Waals surface area contributed by atoms with Crippen molar-refractivity contribution in [2.75, 3.05) is 18.0 Å². The van der Waals surface area contributed by atoms with Gasteiger partial charge >= 0.3 is 0 Å². The van der Waals surface area contributed by atoms with Crippen LogP contribution in [-0.2, 0) is 13.0 Å². The first-order valence-electron chi connectivity index (χ1n) is 7.04. The van der Waals surface area contributed by atoms with Crippen molar-refractivity contribution in [2.24, 2.45) is 4.99 Å². The molecule has 0 aliphatic carbocycles. The van der Waals surface area contributed by atoms with Crippen LogP contribution in [0.25, 0.3) is 0 Å². The molecule has 0 unspecified atom stereocenters. The van der Waals surface area contributed by atoms with E-state index in [9.17, 15) is 0 Å². The molecule has 2 heterocycles. The lowest BCUT2D eigenvalue weighted by atomic mass is 10.2. The van der Waals surface area contributed by atoms with Crippen LogP contribution in [0.4, 0.5) is 5.69 Å². The van der Waals surface area contributed by atoms with Gasteiger partial charge in [0.15, 0.2) is 5.96 Å². The molecule has 0 bridgehead atoms. The number of furan rings is 1. The Kier molecular flexibility index (Phi) is 5.67. The number of hydrogen-bond acceptors (Lipinski definition) is 2. The van der Waals surface area contributed by atoms with Gasteiger partial charge in [-0.05, 0) is 37.1 Å². The van der Waals surface area contributed by atoms with Gasteiger partial charge in [-0.15, -0.1) is 24.0 Å². The Balaban J connectivity index is 0.00000161. The standard InChI is InChI=1S/C16H19N3O.HI/c1-2-17-16(18-12-14-7-5-11-20-14)19-10-9-13-6-3-4-8-15(13)19;/h3-8,11H,2,9-10,12H2,1H3,(H,17,18);1H. The fourth-order valence-corrected chi connectivity index (χ4v) is 2.51. The molecule has 0 amide bonds. The van der Waals surface area contributed by atoms with Gasteiger partial charge in [0.1, 0.15) is 12.3 Å². The summed E-state index contributed by atoms with van der Waals surface area (Å²) in [5.74, 6) is 1.81. The van der Waals surface area contributed by atoms with E-state index in [0.717, 1.165) is 31.2 Å². The van der Waals surface area contributed by atoms with Crippen molar-refractivity contribution in [3.63, 3.8) is 0 Å². The Hall–Kier alpha value is -1.50. The topological polar surface area (TPSA) is 40.8 Å². The number of fused-ring (bicyclic) bond motifs is 1. The van der Waals surface area contributed by atoms with Crippen molar-refractivity contribution < 1.29 is 4.42 Å². The number of rotatable bonds is 3. The van der Waals surface area contributed by atoms with Crippen LogP contribution < -0.4 is 10.2 Å². The van der Waals surface area contributed by atoms with Gasteiger partial charge in [0.25, 0.3) is 0 Å². The third-order valence-electron chi connectivity index (χ3n) is 3.44. The van der Waals surface area contributed by atoms with Crippen LogP contribution in [0, 0.1) is 0 Å². The average molecular weight is 397 g/mol. The number of aliphatic imine (C=N–C) groups is 1. The normalized spacial score (nSPS) is 13.8. The summed E-state index contributed by atoms with van der Waals surface area (Å²) < 4.78 is 5.34. The van der Waals surface area contributed by atoms with Gasteiger partial charge in [-0.25, -0.2) is 4.99 Å². The second-order valence-corrected chi connectivity index (χ2v) is 4.78. The maximum absolute atomic E-state index is 5.34. The largest absolute Gasteiger partial charge is 0.467 e. The van der Waals surface area contributed by atoms with Crippen LogP contribution in [0.3, 0.4) is 0 Å². The third kappa shape index (κ3) is 3.58. The summed E-state index contributed by atoms with van der Waals surface area (Å²) >= 11 is 0. The number of anilines is 1. The predicted octanol–water partition coefficient (Wildman–Crippen LogP) is 3.43. The molecule has 0 atom stereocenters. The summed E-state index contributed by atoms with van der Waals surface area (Å²) in [4.78, 5) is 6.93. The first-order valence-corrected chi connectivity index (χ1v) is 7.04. The Morgan fingerprint density at radius 1 is 1.29 bits per heavy atom. The molecule has 1 aliphatic rings. The second-order valence-electron chi connectivity index (χ2n) is 4.78. The molecule has 0 saturated heterocycles. The van der Waals surface area contributed by atoms with Gasteiger partial charge in [0, 0.05) is 18.8 Å². The lowest BCUT2D eigenvalue weighted by Crippen LogP contribution is -2.40. The summed E-state index contributed by atoms with van der Waals surface area (Å²) in [6.07, 6.45) is 2.75. The van der Waals surface area contributed by atoms with Gasteiger partial charge < -0.3 is 14.6 Å². The highest BCUT2D eigenvalue weighted by Crippen LogP contribution is 2.27. The highest BCUT2D eigenvalue weighted by atomic mass is 127. The highest BCUT2D eigenvalue weighted by molar-refractivity contribution is 14.0. The van der Waals surface area contributed by atoms with Crippen LogP contribution in [0.5, 0.6) is 0 Å². The van der Waals surface area contributed by atoms with Gasteiger partial charge in [-0.3, -0.25) is 0 Å². The zero-order valence-corrected chi connectivity index (χ0v) is 14.4. The third-order valence-corrected chi connectivity index (χ3v) is 3.44. The summed E-state index contributed by atoms with van der Waals surface area (Å²) in [6.45, 7) is 4.48. The molecule has 5 heteroatoms. The van der Waals surface area contributed by atoms with Crippen LogP contribution in [0.15, 0.2) is 52.1 Å². The van der Waals surface area contributed by atoms with E-state index in [4.69, 9.17) is 4.42 Å². The van der Waals surface area contributed by atoms with Gasteiger partial charge in [0.2, 0.25) is 0 Å². The number of guanidine groups is 1. The first-order chi connectivity index (χ1) is 9.88. The molecule has 2 aromatic rings. The molecule has 0 spiro atoms. The van der Waals surface area contributed by atoms with E-state index < -0.39 is 0 Å². The minimum atomic E-state index is 0. The Morgan fingerprint density at radius 3 is 2.90 bits per heavy atom. The number of nitrogens with zero attached hydrogens (tertiary/aromatic N) is 2. The molecule has 112 valence electrons. The smallest absolute Gasteiger partial charge is 0.198 e. The SMILES string of the molecule is CCNC(=NCc1ccco1)N1CCc2ccccc21.I. The maximum atomic E-state index is 5.34. The van der Waals surface area contributed by atoms with Crippen LogP contribution in [0.2, 0.25) is 0 Å². The Labute approximate surface area is 142 Å². The van der Waals surface area contributed by atoms with Crippen LogP contribution in [0.1, 0.15) is 18.2 Å². The van der Waals surface area contributed by atoms with Crippen molar-refractivity contribution in [1.29, 1.82) is 0 Å². The van der Waals surface area contributed by atoms with Gasteiger partial charge in [-0.2, -0.15) is 0 Å². The summed E-state index contributed by atoms with van der Waals surface area (Å²) in [5.41, 5.74) is 2.64. The number of hydrogen-bond donors (Lipinski definition) is 1. The summed E-state index contributed by atoms with van der Waals surface area (Å²) in [6, 6.07) is 12.4. The van der Waals surface area contributed by atoms with Crippen molar-refractivity contribution in [3.05, 3.63) is 54.0 Å². The van der Waals surface area contributed by atoms with E-state index in [1.807, 2.05) is 12.1 Å². The van der Waals surface area contributed by atoms with E-state index in [1.165, 1.54) is 11.3 Å². The van der Waals surface area contributed by atoms with E-state index in [-0.39, 0.29) is 24.0 Å². The predicted molar refractivity (Wildman–Crippen MR) is 96.4 cm³/mol. The molecule has 1 aromatic heterocycles. The molecule has 4 nitrogen and oxygen atoms in total. The number of benzene rings is 1. The first kappa shape index (κ1) is 15.9. The van der Waals surface area contributed by atoms with Crippen molar-refractivity contribution in [1.82, 2.24) is 5.32 Å². The molecule has 0 saturated carbocycles. The minimum absolute atomic E-state index is 0. The van der Waals surface area contributed by atoms with E-state index in [0.29, 0.717) is 6.54 Å². The maximum Gasteiger partial charge on any atom is 0.198 e. The van der Waals surface area contributed by atoms with Gasteiger partial charge in [0.05, 0.1) is 6.26 Å². The second kappa shape index (κ2) is 7.49. The molecule has 0 fully saturated rings.